The van der Waals surface area contributed by atoms with Gasteiger partial charge in [-0.2, -0.15) is 0 Å². The van der Waals surface area contributed by atoms with E-state index in [1.165, 1.54) is 11.3 Å². The van der Waals surface area contributed by atoms with Gasteiger partial charge in [-0.05, 0) is 28.4 Å². The monoisotopic (exact) mass is 311 g/mol. The van der Waals surface area contributed by atoms with Gasteiger partial charge in [-0.15, -0.1) is 11.3 Å². The van der Waals surface area contributed by atoms with Gasteiger partial charge in [0.1, 0.15) is 0 Å². The summed E-state index contributed by atoms with van der Waals surface area (Å²) in [6.45, 7) is 0. The highest BCUT2D eigenvalue weighted by atomic mass is 79.9. The molecule has 0 saturated carbocycles. The molecule has 0 aliphatic rings. The number of halogens is 1. The van der Waals surface area contributed by atoms with E-state index in [2.05, 4.69) is 15.9 Å². The lowest BCUT2D eigenvalue weighted by Crippen LogP contribution is -2.29. The molecule has 1 rings (SSSR count). The Balaban J connectivity index is 2.41. The maximum atomic E-state index is 11.1. The molecule has 0 aliphatic carbocycles. The van der Waals surface area contributed by atoms with Gasteiger partial charge in [0.05, 0.1) is 6.26 Å². The van der Waals surface area contributed by atoms with Gasteiger partial charge >= 0.3 is 0 Å². The molecule has 0 atom stereocenters. The van der Waals surface area contributed by atoms with Gasteiger partial charge < -0.3 is 0 Å². The van der Waals surface area contributed by atoms with Gasteiger partial charge in [-0.25, -0.2) is 8.42 Å². The van der Waals surface area contributed by atoms with Crippen LogP contribution in [0.5, 0.6) is 0 Å². The molecule has 1 heterocycles. The number of rotatable bonds is 4. The van der Waals surface area contributed by atoms with Crippen LogP contribution in [-0.2, 0) is 21.2 Å². The largest absolute Gasteiger partial charge is 0.274 e. The van der Waals surface area contributed by atoms with Gasteiger partial charge in [0.15, 0.2) is 0 Å². The number of thiophene rings is 1. The molecule has 0 saturated heterocycles. The number of amides is 1. The van der Waals surface area contributed by atoms with Gasteiger partial charge in [-0.1, -0.05) is 0 Å². The Hall–Kier alpha value is -0.400. The highest BCUT2D eigenvalue weighted by molar-refractivity contribution is 9.10. The third-order valence-electron chi connectivity index (χ3n) is 1.52. The van der Waals surface area contributed by atoms with Crippen LogP contribution in [0.3, 0.4) is 0 Å². The number of sulfonamides is 1. The van der Waals surface area contributed by atoms with Gasteiger partial charge in [0.2, 0.25) is 15.9 Å². The van der Waals surface area contributed by atoms with Crippen molar-refractivity contribution in [3.8, 4) is 0 Å². The van der Waals surface area contributed by atoms with Crippen LogP contribution in [0.2, 0.25) is 0 Å². The number of carbonyl (C=O) groups is 1. The fourth-order valence-electron chi connectivity index (χ4n) is 0.979. The first-order valence-corrected chi connectivity index (χ1v) is 7.67. The fourth-order valence-corrected chi connectivity index (χ4v) is 2.95. The summed E-state index contributed by atoms with van der Waals surface area (Å²) in [5.74, 6) is -0.470. The molecule has 4 nitrogen and oxygen atoms in total. The summed E-state index contributed by atoms with van der Waals surface area (Å²) >= 11 is 4.84. The molecule has 1 aromatic heterocycles. The van der Waals surface area contributed by atoms with Crippen molar-refractivity contribution in [2.24, 2.45) is 0 Å². The van der Waals surface area contributed by atoms with Gasteiger partial charge in [0, 0.05) is 21.2 Å². The molecule has 0 bridgehead atoms. The average molecular weight is 312 g/mol. The molecule has 0 aliphatic heterocycles. The highest BCUT2D eigenvalue weighted by Gasteiger charge is 2.08. The van der Waals surface area contributed by atoms with E-state index >= 15 is 0 Å². The van der Waals surface area contributed by atoms with E-state index in [0.717, 1.165) is 15.6 Å². The van der Waals surface area contributed by atoms with Crippen molar-refractivity contribution in [3.05, 3.63) is 20.8 Å². The Bertz CT molecular complexity index is 452. The molecule has 7 heteroatoms. The molecule has 1 aromatic rings. The number of aryl methyl sites for hydroxylation is 1. The summed E-state index contributed by atoms with van der Waals surface area (Å²) in [5.41, 5.74) is 0. The second kappa shape index (κ2) is 5.09. The van der Waals surface area contributed by atoms with Crippen LogP contribution in [0.4, 0.5) is 0 Å². The maximum Gasteiger partial charge on any atom is 0.233 e. The van der Waals surface area contributed by atoms with Crippen LogP contribution in [0.1, 0.15) is 11.3 Å². The average Bonchev–Trinajstić information content (AvgIpc) is 2.45. The van der Waals surface area contributed by atoms with E-state index in [4.69, 9.17) is 0 Å². The first-order valence-electron chi connectivity index (χ1n) is 4.10. The summed E-state index contributed by atoms with van der Waals surface area (Å²) in [6, 6.07) is 1.92. The fraction of sp³-hybridized carbons (Fsp3) is 0.375. The molecule has 15 heavy (non-hydrogen) atoms. The van der Waals surface area contributed by atoms with Crippen LogP contribution in [-0.4, -0.2) is 20.6 Å². The third kappa shape index (κ3) is 5.29. The Morgan fingerprint density at radius 2 is 2.27 bits per heavy atom. The van der Waals surface area contributed by atoms with Gasteiger partial charge in [-0.3, -0.25) is 9.52 Å². The van der Waals surface area contributed by atoms with Crippen LogP contribution in [0.15, 0.2) is 15.9 Å². The van der Waals surface area contributed by atoms with Crippen molar-refractivity contribution in [1.82, 2.24) is 4.72 Å². The molecular formula is C8H10BrNO3S2. The zero-order valence-corrected chi connectivity index (χ0v) is 11.2. The number of nitrogens with one attached hydrogen (secondary N) is 1. The van der Waals surface area contributed by atoms with E-state index in [-0.39, 0.29) is 6.42 Å². The lowest BCUT2D eigenvalue weighted by atomic mass is 10.2. The summed E-state index contributed by atoms with van der Waals surface area (Å²) in [5, 5.41) is 1.92. The Kier molecular flexibility index (Phi) is 4.30. The molecule has 0 radical (unpaired) electrons. The van der Waals surface area contributed by atoms with Crippen LogP contribution in [0, 0.1) is 0 Å². The van der Waals surface area contributed by atoms with E-state index in [9.17, 15) is 13.2 Å². The quantitative estimate of drug-likeness (QED) is 0.917. The lowest BCUT2D eigenvalue weighted by Gasteiger charge is -2.00. The van der Waals surface area contributed by atoms with E-state index < -0.39 is 15.9 Å². The molecule has 84 valence electrons. The minimum absolute atomic E-state index is 0.181. The normalized spacial score (nSPS) is 11.3. The Morgan fingerprint density at radius 1 is 1.60 bits per heavy atom. The number of hydrogen-bond acceptors (Lipinski definition) is 4. The maximum absolute atomic E-state index is 11.1. The van der Waals surface area contributed by atoms with E-state index in [1.54, 1.807) is 0 Å². The molecule has 0 unspecified atom stereocenters. The lowest BCUT2D eigenvalue weighted by molar-refractivity contribution is -0.119. The molecule has 1 N–H and O–H groups in total. The highest BCUT2D eigenvalue weighted by Crippen LogP contribution is 2.20. The zero-order valence-electron chi connectivity index (χ0n) is 7.99. The summed E-state index contributed by atoms with van der Waals surface area (Å²) < 4.78 is 24.3. The van der Waals surface area contributed by atoms with Crippen molar-refractivity contribution in [3.63, 3.8) is 0 Å². The predicted octanol–water partition coefficient (Wildman–Crippen LogP) is 1.52. The van der Waals surface area contributed by atoms with Crippen molar-refractivity contribution in [2.75, 3.05) is 6.26 Å². The minimum atomic E-state index is -3.43. The molecule has 1 amide bonds. The van der Waals surface area contributed by atoms with E-state index in [1.807, 2.05) is 16.2 Å². The summed E-state index contributed by atoms with van der Waals surface area (Å²) in [6.07, 6.45) is 1.70. The van der Waals surface area contributed by atoms with E-state index in [0.29, 0.717) is 6.42 Å². The second-order valence-electron chi connectivity index (χ2n) is 3.03. The zero-order chi connectivity index (χ0) is 11.5. The topological polar surface area (TPSA) is 63.2 Å². The molecular weight excluding hydrogens is 302 g/mol. The van der Waals surface area contributed by atoms with Gasteiger partial charge in [0.25, 0.3) is 0 Å². The predicted molar refractivity (Wildman–Crippen MR) is 63.3 cm³/mol. The number of hydrogen-bond donors (Lipinski definition) is 1. The van der Waals surface area contributed by atoms with Crippen LogP contribution >= 0.6 is 27.3 Å². The van der Waals surface area contributed by atoms with Crippen molar-refractivity contribution >= 4 is 43.2 Å². The summed E-state index contributed by atoms with van der Waals surface area (Å²) in [4.78, 5) is 12.2. The first-order chi connectivity index (χ1) is 6.87. The first kappa shape index (κ1) is 12.7. The molecule has 0 aromatic carbocycles. The van der Waals surface area contributed by atoms with Crippen LogP contribution < -0.4 is 4.72 Å². The smallest absolute Gasteiger partial charge is 0.233 e. The standard InChI is InChI=1S/C8H10BrNO3S2/c1-15(12,13)10-8(11)3-2-7-4-6(9)5-14-7/h4-5H,2-3H2,1H3,(H,10,11). The minimum Gasteiger partial charge on any atom is -0.274 e. The Morgan fingerprint density at radius 3 is 2.73 bits per heavy atom. The SMILES string of the molecule is CS(=O)(=O)NC(=O)CCc1cc(Br)cs1. The molecule has 0 spiro atoms. The second-order valence-corrected chi connectivity index (χ2v) is 6.69. The number of carbonyl (C=O) groups excluding carboxylic acids is 1. The van der Waals surface area contributed by atoms with Crippen molar-refractivity contribution in [1.29, 1.82) is 0 Å². The van der Waals surface area contributed by atoms with Crippen molar-refractivity contribution in [2.45, 2.75) is 12.8 Å². The third-order valence-corrected chi connectivity index (χ3v) is 3.88. The molecule has 0 fully saturated rings. The Labute approximate surface area is 101 Å². The van der Waals surface area contributed by atoms with Crippen molar-refractivity contribution < 1.29 is 13.2 Å². The van der Waals surface area contributed by atoms with Crippen LogP contribution in [0.25, 0.3) is 0 Å². The summed E-state index contributed by atoms with van der Waals surface area (Å²) in [7, 11) is -3.43.